The molecule has 0 saturated carbocycles. The summed E-state index contributed by atoms with van der Waals surface area (Å²) in [5.74, 6) is 1.37. The van der Waals surface area contributed by atoms with Crippen molar-refractivity contribution in [2.45, 2.75) is 39.5 Å². The molecule has 4 rings (SSSR count). The van der Waals surface area contributed by atoms with Crippen molar-refractivity contribution >= 4 is 39.9 Å². The highest BCUT2D eigenvalue weighted by Crippen LogP contribution is 2.33. The van der Waals surface area contributed by atoms with E-state index < -0.39 is 6.04 Å². The lowest BCUT2D eigenvalue weighted by atomic mass is 10.0. The number of ether oxygens (including phenoxy) is 2. The van der Waals surface area contributed by atoms with Gasteiger partial charge in [-0.2, -0.15) is 0 Å². The second-order valence-electron chi connectivity index (χ2n) is 9.64. The van der Waals surface area contributed by atoms with E-state index in [-0.39, 0.29) is 24.6 Å². The molecule has 0 saturated heterocycles. The number of benzene rings is 3. The predicted molar refractivity (Wildman–Crippen MR) is 162 cm³/mol. The lowest BCUT2D eigenvalue weighted by Crippen LogP contribution is -2.33. The lowest BCUT2D eigenvalue weighted by Gasteiger charge is -2.22. The summed E-state index contributed by atoms with van der Waals surface area (Å²) >= 11 is 0. The van der Waals surface area contributed by atoms with E-state index in [0.29, 0.717) is 35.2 Å². The number of fused-ring (bicyclic) bond motifs is 1. The molecule has 3 amide bonds. The third-order valence-electron chi connectivity index (χ3n) is 6.21. The van der Waals surface area contributed by atoms with Crippen LogP contribution in [-0.4, -0.2) is 36.7 Å². The Bertz CT molecular complexity index is 1520. The number of nitrogens with one attached hydrogen (secondary N) is 4. The van der Waals surface area contributed by atoms with Gasteiger partial charge in [0.05, 0.1) is 12.7 Å². The first kappa shape index (κ1) is 29.0. The zero-order valence-corrected chi connectivity index (χ0v) is 23.7. The van der Waals surface area contributed by atoms with E-state index in [1.807, 2.05) is 81.4 Å². The van der Waals surface area contributed by atoms with Gasteiger partial charge >= 0.3 is 6.03 Å². The van der Waals surface area contributed by atoms with Crippen LogP contribution in [0.5, 0.6) is 11.5 Å². The van der Waals surface area contributed by atoms with E-state index in [1.54, 1.807) is 19.3 Å². The lowest BCUT2D eigenvalue weighted by molar-refractivity contribution is -0.122. The van der Waals surface area contributed by atoms with Crippen LogP contribution in [0.2, 0.25) is 0 Å². The highest BCUT2D eigenvalue weighted by molar-refractivity contribution is 5.94. The fourth-order valence-electron chi connectivity index (χ4n) is 4.33. The van der Waals surface area contributed by atoms with Crippen molar-refractivity contribution < 1.29 is 19.1 Å². The van der Waals surface area contributed by atoms with Crippen molar-refractivity contribution in [3.63, 3.8) is 0 Å². The number of nitrogens with two attached hydrogens (primary N) is 1. The van der Waals surface area contributed by atoms with Gasteiger partial charge in [-0.15, -0.1) is 0 Å². The third-order valence-corrected chi connectivity index (χ3v) is 6.21. The van der Waals surface area contributed by atoms with Crippen molar-refractivity contribution in [3.8, 4) is 11.5 Å². The van der Waals surface area contributed by atoms with Crippen LogP contribution in [0.25, 0.3) is 10.8 Å². The van der Waals surface area contributed by atoms with Gasteiger partial charge in [0.25, 0.3) is 0 Å². The zero-order chi connectivity index (χ0) is 29.4. The van der Waals surface area contributed by atoms with Crippen LogP contribution >= 0.6 is 0 Å². The molecule has 0 aliphatic heterocycles. The summed E-state index contributed by atoms with van der Waals surface area (Å²) in [6.45, 7) is 6.50. The average molecular weight is 557 g/mol. The van der Waals surface area contributed by atoms with Gasteiger partial charge in [-0.1, -0.05) is 18.2 Å². The van der Waals surface area contributed by atoms with E-state index in [0.717, 1.165) is 22.0 Å². The molecule has 214 valence electrons. The van der Waals surface area contributed by atoms with Gasteiger partial charge in [-0.25, -0.2) is 9.78 Å². The minimum Gasteiger partial charge on any atom is -0.490 e. The van der Waals surface area contributed by atoms with E-state index in [4.69, 9.17) is 15.2 Å². The summed E-state index contributed by atoms with van der Waals surface area (Å²) in [6.07, 6.45) is 1.62. The summed E-state index contributed by atoms with van der Waals surface area (Å²) in [5, 5.41) is 13.4. The Morgan fingerprint density at radius 3 is 2.56 bits per heavy atom. The smallest absolute Gasteiger partial charge is 0.318 e. The standard InChI is InChI=1S/C31H36N6O4/c1-5-40-27-17-22(9-12-26(27)41-19(2)3)28(36-24-10-11-25-21(16-24)13-14-34-29(25)32)30(38)35-18-20-7-6-8-23(15-20)37-31(39)33-4/h6-17,19,28,36H,5,18H2,1-4H3,(H2,32,34)(H,35,38)(H2,33,37,39). The summed E-state index contributed by atoms with van der Waals surface area (Å²) in [4.78, 5) is 29.6. The largest absolute Gasteiger partial charge is 0.490 e. The molecule has 41 heavy (non-hydrogen) atoms. The molecule has 1 unspecified atom stereocenters. The molecular weight excluding hydrogens is 520 g/mol. The second kappa shape index (κ2) is 13.4. The van der Waals surface area contributed by atoms with Crippen LogP contribution < -0.4 is 36.5 Å². The van der Waals surface area contributed by atoms with Gasteiger partial charge in [0.15, 0.2) is 11.5 Å². The first-order valence-corrected chi connectivity index (χ1v) is 13.5. The second-order valence-corrected chi connectivity index (χ2v) is 9.64. The third kappa shape index (κ3) is 7.57. The molecule has 1 heterocycles. The molecule has 0 aliphatic carbocycles. The Kier molecular flexibility index (Phi) is 9.47. The normalized spacial score (nSPS) is 11.5. The van der Waals surface area contributed by atoms with Gasteiger partial charge in [0, 0.05) is 36.6 Å². The van der Waals surface area contributed by atoms with Crippen molar-refractivity contribution in [3.05, 3.63) is 84.1 Å². The molecule has 0 spiro atoms. The number of amides is 3. The molecule has 10 heteroatoms. The van der Waals surface area contributed by atoms with Crippen LogP contribution in [0.3, 0.4) is 0 Å². The van der Waals surface area contributed by atoms with Gasteiger partial charge in [-0.05, 0) is 85.8 Å². The Balaban J connectivity index is 1.63. The fraction of sp³-hybridized carbons (Fsp3) is 0.258. The summed E-state index contributed by atoms with van der Waals surface area (Å²) in [5.41, 5.74) is 8.92. The van der Waals surface area contributed by atoms with Crippen molar-refractivity contribution in [1.82, 2.24) is 15.6 Å². The molecule has 6 N–H and O–H groups in total. The number of hydrogen-bond donors (Lipinski definition) is 5. The monoisotopic (exact) mass is 556 g/mol. The molecule has 0 bridgehead atoms. The maximum atomic E-state index is 13.7. The van der Waals surface area contributed by atoms with Gasteiger partial charge in [0.2, 0.25) is 5.91 Å². The number of carbonyl (C=O) groups excluding carboxylic acids is 2. The summed E-state index contributed by atoms with van der Waals surface area (Å²) in [6, 6.07) is 19.3. The molecule has 0 fully saturated rings. The number of anilines is 3. The molecule has 4 aromatic rings. The zero-order valence-electron chi connectivity index (χ0n) is 23.7. The quantitative estimate of drug-likeness (QED) is 0.171. The highest BCUT2D eigenvalue weighted by Gasteiger charge is 2.23. The summed E-state index contributed by atoms with van der Waals surface area (Å²) < 4.78 is 11.8. The number of rotatable bonds is 11. The number of urea groups is 1. The number of aromatic nitrogens is 1. The van der Waals surface area contributed by atoms with Crippen LogP contribution in [0.1, 0.15) is 37.9 Å². The van der Waals surface area contributed by atoms with Crippen molar-refractivity contribution in [2.75, 3.05) is 30.0 Å². The number of carbonyl (C=O) groups is 2. The van der Waals surface area contributed by atoms with Crippen LogP contribution in [0, 0.1) is 0 Å². The van der Waals surface area contributed by atoms with E-state index in [1.165, 1.54) is 0 Å². The Hall–Kier alpha value is -4.99. The highest BCUT2D eigenvalue weighted by atomic mass is 16.5. The number of pyridine rings is 1. The molecule has 0 aliphatic rings. The first-order valence-electron chi connectivity index (χ1n) is 13.5. The van der Waals surface area contributed by atoms with Crippen molar-refractivity contribution in [2.24, 2.45) is 0 Å². The molecule has 1 aromatic heterocycles. The van der Waals surface area contributed by atoms with Gasteiger partial charge in [-0.3, -0.25) is 4.79 Å². The van der Waals surface area contributed by atoms with E-state index in [9.17, 15) is 9.59 Å². The predicted octanol–water partition coefficient (Wildman–Crippen LogP) is 5.22. The maximum absolute atomic E-state index is 13.7. The average Bonchev–Trinajstić information content (AvgIpc) is 2.95. The number of nitrogen functional groups attached to an aromatic ring is 1. The molecule has 0 radical (unpaired) electrons. The van der Waals surface area contributed by atoms with Crippen LogP contribution in [0.15, 0.2) is 72.9 Å². The molecule has 3 aromatic carbocycles. The van der Waals surface area contributed by atoms with E-state index in [2.05, 4.69) is 26.3 Å². The maximum Gasteiger partial charge on any atom is 0.318 e. The minimum absolute atomic E-state index is 0.0366. The van der Waals surface area contributed by atoms with Crippen LogP contribution in [-0.2, 0) is 11.3 Å². The van der Waals surface area contributed by atoms with E-state index >= 15 is 0 Å². The molecule has 10 nitrogen and oxygen atoms in total. The van der Waals surface area contributed by atoms with Gasteiger partial charge in [0.1, 0.15) is 11.9 Å². The number of nitrogens with zero attached hydrogens (tertiary/aromatic N) is 1. The Morgan fingerprint density at radius 1 is 0.976 bits per heavy atom. The minimum atomic E-state index is -0.758. The van der Waals surface area contributed by atoms with Gasteiger partial charge < -0.3 is 36.5 Å². The fourth-order valence-corrected chi connectivity index (χ4v) is 4.33. The SMILES string of the molecule is CCOc1cc(C(Nc2ccc3c(N)nccc3c2)C(=O)NCc2cccc(NC(=O)NC)c2)ccc1OC(C)C. The topological polar surface area (TPSA) is 140 Å². The van der Waals surface area contributed by atoms with Crippen LogP contribution in [0.4, 0.5) is 22.0 Å². The number of hydrogen-bond acceptors (Lipinski definition) is 7. The molecular formula is C31H36N6O4. The summed E-state index contributed by atoms with van der Waals surface area (Å²) in [7, 11) is 1.55. The Labute approximate surface area is 239 Å². The van der Waals surface area contributed by atoms with Crippen molar-refractivity contribution in [1.29, 1.82) is 0 Å². The molecule has 1 atom stereocenters. The first-order chi connectivity index (χ1) is 19.8. The Morgan fingerprint density at radius 2 is 1.80 bits per heavy atom.